The normalized spacial score (nSPS) is 21.1. The molecule has 2 atom stereocenters. The maximum atomic E-state index is 12.3. The van der Waals surface area contributed by atoms with E-state index in [0.29, 0.717) is 31.3 Å². The quantitative estimate of drug-likeness (QED) is 0.878. The van der Waals surface area contributed by atoms with Crippen LogP contribution >= 0.6 is 11.6 Å². The van der Waals surface area contributed by atoms with Crippen LogP contribution in [0.25, 0.3) is 0 Å². The molecular weight excluding hydrogens is 318 g/mol. The van der Waals surface area contributed by atoms with Crippen LogP contribution < -0.4 is 5.32 Å². The van der Waals surface area contributed by atoms with E-state index in [-0.39, 0.29) is 23.7 Å². The lowest BCUT2D eigenvalue weighted by molar-refractivity contribution is -0.0736. The molecule has 1 amide bonds. The van der Waals surface area contributed by atoms with Crippen molar-refractivity contribution in [2.75, 3.05) is 13.2 Å². The topological polar surface area (TPSA) is 76.2 Å². The van der Waals surface area contributed by atoms with E-state index in [4.69, 9.17) is 21.1 Å². The van der Waals surface area contributed by atoms with Gasteiger partial charge in [-0.15, -0.1) is 0 Å². The molecule has 0 radical (unpaired) electrons. The molecule has 1 aromatic carbocycles. The molecule has 1 saturated heterocycles. The molecule has 1 aliphatic heterocycles. The SMILES string of the molecule is O=C(N[C@@H]1CCOC[C@H]1OCc1ccccc1)c1[nH]ncc1Cl. The highest BCUT2D eigenvalue weighted by Crippen LogP contribution is 2.16. The van der Waals surface area contributed by atoms with Crippen molar-refractivity contribution >= 4 is 17.5 Å². The van der Waals surface area contributed by atoms with Crippen LogP contribution in [0.2, 0.25) is 5.02 Å². The van der Waals surface area contributed by atoms with Crippen molar-refractivity contribution in [2.24, 2.45) is 0 Å². The lowest BCUT2D eigenvalue weighted by Gasteiger charge is -2.32. The maximum Gasteiger partial charge on any atom is 0.271 e. The highest BCUT2D eigenvalue weighted by molar-refractivity contribution is 6.33. The summed E-state index contributed by atoms with van der Waals surface area (Å²) in [6, 6.07) is 9.78. The van der Waals surface area contributed by atoms with E-state index in [1.54, 1.807) is 0 Å². The number of halogens is 1. The molecule has 1 fully saturated rings. The van der Waals surface area contributed by atoms with Crippen molar-refractivity contribution in [3.8, 4) is 0 Å². The van der Waals surface area contributed by atoms with Crippen molar-refractivity contribution in [1.82, 2.24) is 15.5 Å². The largest absolute Gasteiger partial charge is 0.379 e. The summed E-state index contributed by atoms with van der Waals surface area (Å²) in [6.45, 7) is 1.52. The third kappa shape index (κ3) is 4.10. The molecule has 3 rings (SSSR count). The Kier molecular flexibility index (Phi) is 5.27. The van der Waals surface area contributed by atoms with Gasteiger partial charge in [0.1, 0.15) is 11.8 Å². The number of aromatic nitrogens is 2. The van der Waals surface area contributed by atoms with Gasteiger partial charge in [-0.2, -0.15) is 5.10 Å². The smallest absolute Gasteiger partial charge is 0.271 e. The highest BCUT2D eigenvalue weighted by Gasteiger charge is 2.29. The molecule has 0 unspecified atom stereocenters. The third-order valence-corrected chi connectivity index (χ3v) is 4.03. The second-order valence-electron chi connectivity index (χ2n) is 5.37. The van der Waals surface area contributed by atoms with Crippen LogP contribution in [-0.2, 0) is 16.1 Å². The van der Waals surface area contributed by atoms with Crippen LogP contribution in [0.5, 0.6) is 0 Å². The average Bonchev–Trinajstić information content (AvgIpc) is 3.01. The van der Waals surface area contributed by atoms with Crippen molar-refractivity contribution in [2.45, 2.75) is 25.2 Å². The minimum Gasteiger partial charge on any atom is -0.379 e. The second-order valence-corrected chi connectivity index (χ2v) is 5.78. The zero-order valence-electron chi connectivity index (χ0n) is 12.5. The molecule has 6 nitrogen and oxygen atoms in total. The van der Waals surface area contributed by atoms with E-state index in [1.165, 1.54) is 6.20 Å². The van der Waals surface area contributed by atoms with Gasteiger partial charge in [-0.1, -0.05) is 41.9 Å². The number of benzene rings is 1. The summed E-state index contributed by atoms with van der Waals surface area (Å²) in [4.78, 5) is 12.3. The number of hydrogen-bond donors (Lipinski definition) is 2. The molecule has 1 aromatic heterocycles. The molecule has 2 N–H and O–H groups in total. The summed E-state index contributed by atoms with van der Waals surface area (Å²) < 4.78 is 11.4. The zero-order chi connectivity index (χ0) is 16.1. The van der Waals surface area contributed by atoms with Crippen LogP contribution in [0.15, 0.2) is 36.5 Å². The van der Waals surface area contributed by atoms with Crippen LogP contribution in [-0.4, -0.2) is 41.5 Å². The van der Waals surface area contributed by atoms with Crippen LogP contribution in [0.1, 0.15) is 22.5 Å². The molecule has 0 bridgehead atoms. The molecule has 2 heterocycles. The number of rotatable bonds is 5. The van der Waals surface area contributed by atoms with Crippen molar-refractivity contribution in [3.05, 3.63) is 52.8 Å². The van der Waals surface area contributed by atoms with Crippen LogP contribution in [0, 0.1) is 0 Å². The third-order valence-electron chi connectivity index (χ3n) is 3.75. The van der Waals surface area contributed by atoms with Gasteiger partial charge in [0.25, 0.3) is 5.91 Å². The van der Waals surface area contributed by atoms with Gasteiger partial charge >= 0.3 is 0 Å². The molecule has 23 heavy (non-hydrogen) atoms. The first-order chi connectivity index (χ1) is 11.2. The monoisotopic (exact) mass is 335 g/mol. The first-order valence-corrected chi connectivity index (χ1v) is 7.85. The van der Waals surface area contributed by atoms with Crippen molar-refractivity contribution < 1.29 is 14.3 Å². The number of aromatic amines is 1. The molecule has 122 valence electrons. The predicted molar refractivity (Wildman–Crippen MR) is 85.3 cm³/mol. The molecule has 0 spiro atoms. The Hall–Kier alpha value is -1.89. The van der Waals surface area contributed by atoms with E-state index >= 15 is 0 Å². The van der Waals surface area contributed by atoms with E-state index < -0.39 is 0 Å². The van der Waals surface area contributed by atoms with Gasteiger partial charge in [0.15, 0.2) is 0 Å². The Morgan fingerprint density at radius 2 is 2.26 bits per heavy atom. The number of nitrogens with one attached hydrogen (secondary N) is 2. The van der Waals surface area contributed by atoms with Gasteiger partial charge in [-0.3, -0.25) is 9.89 Å². The van der Waals surface area contributed by atoms with Crippen molar-refractivity contribution in [3.63, 3.8) is 0 Å². The van der Waals surface area contributed by atoms with Gasteiger partial charge in [0.2, 0.25) is 0 Å². The molecule has 1 aliphatic rings. The standard InChI is InChI=1S/C16H18ClN3O3/c17-12-8-18-20-15(12)16(21)19-13-6-7-22-10-14(13)23-9-11-4-2-1-3-5-11/h1-5,8,13-14H,6-7,9-10H2,(H,18,20)(H,19,21)/t13-,14-/m1/s1. The first-order valence-electron chi connectivity index (χ1n) is 7.47. The zero-order valence-corrected chi connectivity index (χ0v) is 13.3. The molecule has 7 heteroatoms. The Labute approximate surface area is 139 Å². The fraction of sp³-hybridized carbons (Fsp3) is 0.375. The summed E-state index contributed by atoms with van der Waals surface area (Å²) in [7, 11) is 0. The second kappa shape index (κ2) is 7.59. The fourth-order valence-corrected chi connectivity index (χ4v) is 2.67. The number of H-pyrrole nitrogens is 1. The number of ether oxygens (including phenoxy) is 2. The Balaban J connectivity index is 1.60. The summed E-state index contributed by atoms with van der Waals surface area (Å²) in [5, 5.41) is 9.61. The number of amides is 1. The number of carbonyl (C=O) groups is 1. The fourth-order valence-electron chi connectivity index (χ4n) is 2.49. The number of nitrogens with zero attached hydrogens (tertiary/aromatic N) is 1. The molecule has 0 aliphatic carbocycles. The summed E-state index contributed by atoms with van der Waals surface area (Å²) in [6.07, 6.45) is 1.90. The number of hydrogen-bond acceptors (Lipinski definition) is 4. The van der Waals surface area contributed by atoms with Gasteiger partial charge in [0, 0.05) is 6.61 Å². The Morgan fingerprint density at radius 3 is 3.00 bits per heavy atom. The van der Waals surface area contributed by atoms with Crippen LogP contribution in [0.3, 0.4) is 0 Å². The van der Waals surface area contributed by atoms with Gasteiger partial charge in [0.05, 0.1) is 30.5 Å². The average molecular weight is 336 g/mol. The van der Waals surface area contributed by atoms with E-state index in [1.807, 2.05) is 30.3 Å². The minimum absolute atomic E-state index is 0.126. The molecule has 2 aromatic rings. The lowest BCUT2D eigenvalue weighted by atomic mass is 10.1. The van der Waals surface area contributed by atoms with E-state index in [9.17, 15) is 4.79 Å². The highest BCUT2D eigenvalue weighted by atomic mass is 35.5. The Morgan fingerprint density at radius 1 is 1.43 bits per heavy atom. The summed E-state index contributed by atoms with van der Waals surface area (Å²) in [5.74, 6) is -0.285. The molecular formula is C16H18ClN3O3. The minimum atomic E-state index is -0.285. The first kappa shape index (κ1) is 16.0. The lowest BCUT2D eigenvalue weighted by Crippen LogP contribution is -2.50. The van der Waals surface area contributed by atoms with E-state index in [0.717, 1.165) is 5.56 Å². The maximum absolute atomic E-state index is 12.3. The summed E-state index contributed by atoms with van der Waals surface area (Å²) in [5.41, 5.74) is 1.35. The number of carbonyl (C=O) groups excluding carboxylic acids is 1. The van der Waals surface area contributed by atoms with E-state index in [2.05, 4.69) is 15.5 Å². The Bertz CT molecular complexity index is 647. The van der Waals surface area contributed by atoms with Gasteiger partial charge in [-0.25, -0.2) is 0 Å². The molecule has 0 saturated carbocycles. The van der Waals surface area contributed by atoms with Crippen molar-refractivity contribution in [1.29, 1.82) is 0 Å². The summed E-state index contributed by atoms with van der Waals surface area (Å²) >= 11 is 5.92. The van der Waals surface area contributed by atoms with Crippen LogP contribution in [0.4, 0.5) is 0 Å². The van der Waals surface area contributed by atoms with Gasteiger partial charge < -0.3 is 14.8 Å². The predicted octanol–water partition coefficient (Wildman–Crippen LogP) is 2.17. The van der Waals surface area contributed by atoms with Gasteiger partial charge in [-0.05, 0) is 12.0 Å².